The van der Waals surface area contributed by atoms with Crippen molar-refractivity contribution in [2.24, 2.45) is 0 Å². The normalized spacial score (nSPS) is 13.2. The topological polar surface area (TPSA) is 61.0 Å². The number of nitrogens with zero attached hydrogens (tertiary/aromatic N) is 3. The lowest BCUT2D eigenvalue weighted by molar-refractivity contribution is 0.438. The van der Waals surface area contributed by atoms with Crippen LogP contribution >= 0.6 is 0 Å². The molecule has 0 bridgehead atoms. The fourth-order valence-electron chi connectivity index (χ4n) is 9.15. The van der Waals surface area contributed by atoms with Gasteiger partial charge in [0.15, 0.2) is 17.5 Å². The van der Waals surface area contributed by atoms with Crippen LogP contribution in [0, 0.1) is 0 Å². The molecule has 0 saturated heterocycles. The van der Waals surface area contributed by atoms with Crippen molar-refractivity contribution >= 4 is 21.9 Å². The van der Waals surface area contributed by atoms with Crippen molar-refractivity contribution in [3.63, 3.8) is 0 Å². The number of para-hydroxylation sites is 3. The predicted molar refractivity (Wildman–Crippen MR) is 226 cm³/mol. The van der Waals surface area contributed by atoms with Crippen LogP contribution in [-0.2, 0) is 5.41 Å². The molecule has 0 fully saturated rings. The first kappa shape index (κ1) is 31.7. The van der Waals surface area contributed by atoms with Gasteiger partial charge in [0.1, 0.15) is 22.7 Å². The van der Waals surface area contributed by atoms with E-state index >= 15 is 0 Å². The van der Waals surface area contributed by atoms with Gasteiger partial charge in [-0.25, -0.2) is 15.0 Å². The van der Waals surface area contributed by atoms with E-state index in [0.29, 0.717) is 17.5 Å². The van der Waals surface area contributed by atoms with Crippen LogP contribution in [0.15, 0.2) is 192 Å². The van der Waals surface area contributed by atoms with Gasteiger partial charge < -0.3 is 9.15 Å². The molecule has 12 rings (SSSR count). The molecular formula is C52H31N3O2. The lowest BCUT2D eigenvalue weighted by atomic mass is 9.65. The number of ether oxygens (including phenoxy) is 1. The standard InChI is InChI=1S/C52H31N3O2/c1-2-14-32(15-3-1)49-53-50(55-51(54-49)35-28-29-40-39-20-6-10-26-45(39)56-47(40)31-35)34-17-12-16-33(30-34)36-21-13-25-44-48(36)57-46-27-11-9-24-43(46)52(44)41-22-7-4-18-37(41)38-19-5-8-23-42(38)52/h1-31H. The maximum atomic E-state index is 6.99. The monoisotopic (exact) mass is 729 g/mol. The molecule has 5 nitrogen and oxygen atoms in total. The third-order valence-electron chi connectivity index (χ3n) is 11.6. The van der Waals surface area contributed by atoms with Crippen LogP contribution in [0.1, 0.15) is 22.3 Å². The van der Waals surface area contributed by atoms with E-state index in [1.165, 1.54) is 22.3 Å². The molecule has 0 saturated carbocycles. The number of hydrogen-bond acceptors (Lipinski definition) is 5. The van der Waals surface area contributed by atoms with Gasteiger partial charge in [-0.05, 0) is 58.1 Å². The number of rotatable bonds is 4. The van der Waals surface area contributed by atoms with Crippen LogP contribution in [0.2, 0.25) is 0 Å². The van der Waals surface area contributed by atoms with Gasteiger partial charge in [0, 0.05) is 44.2 Å². The van der Waals surface area contributed by atoms with Crippen LogP contribution in [0.25, 0.3) is 78.4 Å². The van der Waals surface area contributed by atoms with Crippen molar-refractivity contribution in [3.05, 3.63) is 210 Å². The Morgan fingerprint density at radius 3 is 1.68 bits per heavy atom. The van der Waals surface area contributed by atoms with E-state index in [-0.39, 0.29) is 0 Å². The van der Waals surface area contributed by atoms with Crippen molar-refractivity contribution in [3.8, 4) is 67.9 Å². The summed E-state index contributed by atoms with van der Waals surface area (Å²) in [4.78, 5) is 15.2. The molecule has 1 aliphatic carbocycles. The highest BCUT2D eigenvalue weighted by Crippen LogP contribution is 2.63. The first-order valence-electron chi connectivity index (χ1n) is 19.2. The van der Waals surface area contributed by atoms with E-state index in [9.17, 15) is 0 Å². The molecule has 1 aliphatic heterocycles. The Bertz CT molecular complexity index is 3190. The zero-order chi connectivity index (χ0) is 37.5. The number of aromatic nitrogens is 3. The first-order chi connectivity index (χ1) is 28.2. The van der Waals surface area contributed by atoms with Crippen molar-refractivity contribution < 1.29 is 9.15 Å². The highest BCUT2D eigenvalue weighted by Gasteiger charge is 2.51. The van der Waals surface area contributed by atoms with Gasteiger partial charge in [0.05, 0.1) is 5.41 Å². The minimum Gasteiger partial charge on any atom is -0.456 e. The van der Waals surface area contributed by atoms with E-state index in [1.54, 1.807) is 0 Å². The van der Waals surface area contributed by atoms with E-state index in [4.69, 9.17) is 24.1 Å². The Morgan fingerprint density at radius 1 is 0.351 bits per heavy atom. The van der Waals surface area contributed by atoms with Crippen LogP contribution in [0.3, 0.4) is 0 Å². The number of furan rings is 1. The summed E-state index contributed by atoms with van der Waals surface area (Å²) in [5, 5.41) is 2.14. The zero-order valence-electron chi connectivity index (χ0n) is 30.6. The van der Waals surface area contributed by atoms with Gasteiger partial charge in [-0.15, -0.1) is 0 Å². The molecule has 5 heteroatoms. The van der Waals surface area contributed by atoms with Gasteiger partial charge in [-0.1, -0.05) is 158 Å². The summed E-state index contributed by atoms with van der Waals surface area (Å²) >= 11 is 0. The summed E-state index contributed by atoms with van der Waals surface area (Å²) in [6.07, 6.45) is 0. The summed E-state index contributed by atoms with van der Waals surface area (Å²) in [5.74, 6) is 3.46. The molecule has 2 aromatic heterocycles. The smallest absolute Gasteiger partial charge is 0.164 e. The van der Waals surface area contributed by atoms with E-state index in [1.807, 2.05) is 54.6 Å². The molecular weight excluding hydrogens is 699 g/mol. The Balaban J connectivity index is 1.04. The van der Waals surface area contributed by atoms with E-state index < -0.39 is 5.41 Å². The van der Waals surface area contributed by atoms with Crippen molar-refractivity contribution in [1.29, 1.82) is 0 Å². The summed E-state index contributed by atoms with van der Waals surface area (Å²) in [7, 11) is 0. The first-order valence-corrected chi connectivity index (χ1v) is 19.2. The minimum atomic E-state index is -0.542. The molecule has 57 heavy (non-hydrogen) atoms. The fraction of sp³-hybridized carbons (Fsp3) is 0.0192. The van der Waals surface area contributed by atoms with Gasteiger partial charge in [-0.3, -0.25) is 0 Å². The third-order valence-corrected chi connectivity index (χ3v) is 11.6. The predicted octanol–water partition coefficient (Wildman–Crippen LogP) is 12.9. The van der Waals surface area contributed by atoms with E-state index in [0.717, 1.165) is 72.4 Å². The second kappa shape index (κ2) is 12.2. The summed E-state index contributed by atoms with van der Waals surface area (Å²) < 4.78 is 13.3. The average molecular weight is 730 g/mol. The Labute approximate surface area is 328 Å². The molecule has 3 heterocycles. The number of fused-ring (bicyclic) bond motifs is 12. The van der Waals surface area contributed by atoms with E-state index in [2.05, 4.69) is 133 Å². The number of benzene rings is 8. The largest absolute Gasteiger partial charge is 0.456 e. The molecule has 0 amide bonds. The molecule has 2 aliphatic rings. The van der Waals surface area contributed by atoms with Crippen LogP contribution < -0.4 is 4.74 Å². The molecule has 0 atom stereocenters. The molecule has 266 valence electrons. The second-order valence-electron chi connectivity index (χ2n) is 14.7. The van der Waals surface area contributed by atoms with Gasteiger partial charge >= 0.3 is 0 Å². The number of hydrogen-bond donors (Lipinski definition) is 0. The summed E-state index contributed by atoms with van der Waals surface area (Å²) in [6, 6.07) is 65.5. The Hall–Kier alpha value is -7.63. The van der Waals surface area contributed by atoms with Crippen LogP contribution in [0.5, 0.6) is 11.5 Å². The molecule has 1 spiro atoms. The Kier molecular flexibility index (Phi) is 6.78. The summed E-state index contributed by atoms with van der Waals surface area (Å²) in [5.41, 5.74) is 13.0. The second-order valence-corrected chi connectivity index (χ2v) is 14.7. The van der Waals surface area contributed by atoms with Gasteiger partial charge in [-0.2, -0.15) is 0 Å². The fourth-order valence-corrected chi connectivity index (χ4v) is 9.15. The highest BCUT2D eigenvalue weighted by atomic mass is 16.5. The maximum Gasteiger partial charge on any atom is 0.164 e. The lowest BCUT2D eigenvalue weighted by Crippen LogP contribution is -2.32. The maximum absolute atomic E-state index is 6.99. The molecule has 0 unspecified atom stereocenters. The van der Waals surface area contributed by atoms with Gasteiger partial charge in [0.25, 0.3) is 0 Å². The minimum absolute atomic E-state index is 0.542. The SMILES string of the molecule is c1ccc(-c2nc(-c3cccc(-c4cccc5c4Oc4ccccc4C54c5ccccc5-c5ccccc54)c3)nc(-c3ccc4c(c3)oc3ccccc34)n2)cc1. The zero-order valence-corrected chi connectivity index (χ0v) is 30.6. The van der Waals surface area contributed by atoms with Crippen LogP contribution in [0.4, 0.5) is 0 Å². The van der Waals surface area contributed by atoms with Crippen molar-refractivity contribution in [1.82, 2.24) is 15.0 Å². The molecule has 0 N–H and O–H groups in total. The van der Waals surface area contributed by atoms with Crippen LogP contribution in [-0.4, -0.2) is 15.0 Å². The molecule has 0 radical (unpaired) electrons. The van der Waals surface area contributed by atoms with Crippen molar-refractivity contribution in [2.45, 2.75) is 5.41 Å². The van der Waals surface area contributed by atoms with Gasteiger partial charge in [0.2, 0.25) is 0 Å². The van der Waals surface area contributed by atoms with Crippen molar-refractivity contribution in [2.75, 3.05) is 0 Å². The molecule has 10 aromatic rings. The average Bonchev–Trinajstić information content (AvgIpc) is 3.80. The molecule has 8 aromatic carbocycles. The highest BCUT2D eigenvalue weighted by molar-refractivity contribution is 6.05. The third kappa shape index (κ3) is 4.66. The summed E-state index contributed by atoms with van der Waals surface area (Å²) in [6.45, 7) is 0. The Morgan fingerprint density at radius 2 is 0.895 bits per heavy atom. The lowest BCUT2D eigenvalue weighted by Gasteiger charge is -2.40. The quantitative estimate of drug-likeness (QED) is 0.180.